The summed E-state index contributed by atoms with van der Waals surface area (Å²) < 4.78 is 5.39. The van der Waals surface area contributed by atoms with Gasteiger partial charge in [0.1, 0.15) is 0 Å². The molecule has 1 N–H and O–H groups in total. The summed E-state index contributed by atoms with van der Waals surface area (Å²) in [5.74, 6) is -0.00311. The Bertz CT molecular complexity index is 833. The van der Waals surface area contributed by atoms with Gasteiger partial charge in [-0.1, -0.05) is 37.3 Å². The van der Waals surface area contributed by atoms with Gasteiger partial charge in [0.05, 0.1) is 19.8 Å². The molecule has 1 unspecified atom stereocenters. The van der Waals surface area contributed by atoms with Crippen molar-refractivity contribution in [2.45, 2.75) is 32.6 Å². The van der Waals surface area contributed by atoms with E-state index in [1.165, 1.54) is 5.56 Å². The second-order valence-corrected chi connectivity index (χ2v) is 7.82. The fourth-order valence-electron chi connectivity index (χ4n) is 3.89. The first-order valence-corrected chi connectivity index (χ1v) is 11.2. The maximum Gasteiger partial charge on any atom is 0.243 e. The van der Waals surface area contributed by atoms with Crippen molar-refractivity contribution in [2.75, 3.05) is 49.6 Å². The van der Waals surface area contributed by atoms with E-state index in [4.69, 9.17) is 4.74 Å². The second-order valence-electron chi connectivity index (χ2n) is 7.82. The van der Waals surface area contributed by atoms with Crippen molar-refractivity contribution in [3.05, 3.63) is 60.2 Å². The van der Waals surface area contributed by atoms with Crippen molar-refractivity contribution in [2.24, 2.45) is 0 Å². The number of rotatable bonds is 9. The number of morpholine rings is 1. The molecule has 0 saturated carbocycles. The fraction of sp³-hybridized carbons (Fsp3) is 0.440. The summed E-state index contributed by atoms with van der Waals surface area (Å²) in [5.41, 5.74) is 3.03. The number of nitrogens with zero attached hydrogens (tertiary/aromatic N) is 2. The highest BCUT2D eigenvalue weighted by atomic mass is 16.5. The summed E-state index contributed by atoms with van der Waals surface area (Å²) >= 11 is 0. The van der Waals surface area contributed by atoms with Crippen LogP contribution in [0.4, 0.5) is 11.4 Å². The lowest BCUT2D eigenvalue weighted by atomic mass is 9.93. The van der Waals surface area contributed by atoms with E-state index in [-0.39, 0.29) is 24.3 Å². The molecule has 1 saturated heterocycles. The zero-order valence-electron chi connectivity index (χ0n) is 18.5. The lowest BCUT2D eigenvalue weighted by Crippen LogP contribution is -2.38. The molecular weight excluding hydrogens is 390 g/mol. The molecule has 1 aliphatic rings. The molecule has 1 atom stereocenters. The van der Waals surface area contributed by atoms with Crippen molar-refractivity contribution >= 4 is 23.2 Å². The van der Waals surface area contributed by atoms with Crippen LogP contribution in [-0.2, 0) is 14.3 Å². The molecule has 2 aromatic rings. The average Bonchev–Trinajstić information content (AvgIpc) is 2.82. The van der Waals surface area contributed by atoms with Crippen LogP contribution in [0.3, 0.4) is 0 Å². The number of anilines is 2. The largest absolute Gasteiger partial charge is 0.378 e. The zero-order valence-corrected chi connectivity index (χ0v) is 18.5. The molecule has 31 heavy (non-hydrogen) atoms. The first kappa shape index (κ1) is 22.8. The standard InChI is InChI=1S/C25H33N3O3/c1-3-20(21-8-6-5-7-9-21)18-25(30)27(4-2)19-24(29)26-22-10-12-23(13-11-22)28-14-16-31-17-15-28/h5-13,20H,3-4,14-19H2,1-2H3,(H,26,29). The van der Waals surface area contributed by atoms with Crippen LogP contribution in [0, 0.1) is 0 Å². The van der Waals surface area contributed by atoms with E-state index in [1.807, 2.05) is 49.4 Å². The van der Waals surface area contributed by atoms with Crippen LogP contribution in [0.15, 0.2) is 54.6 Å². The lowest BCUT2D eigenvalue weighted by molar-refractivity contribution is -0.134. The summed E-state index contributed by atoms with van der Waals surface area (Å²) in [4.78, 5) is 29.3. The number of benzene rings is 2. The number of carbonyl (C=O) groups excluding carboxylic acids is 2. The Hall–Kier alpha value is -2.86. The molecule has 2 amide bonds. The van der Waals surface area contributed by atoms with Crippen LogP contribution in [0.25, 0.3) is 0 Å². The van der Waals surface area contributed by atoms with E-state index < -0.39 is 0 Å². The van der Waals surface area contributed by atoms with E-state index in [2.05, 4.69) is 29.3 Å². The molecule has 3 rings (SSSR count). The normalized spacial score (nSPS) is 14.7. The summed E-state index contributed by atoms with van der Waals surface area (Å²) in [6.07, 6.45) is 1.30. The molecule has 166 valence electrons. The minimum atomic E-state index is -0.179. The molecule has 2 aromatic carbocycles. The Morgan fingerprint density at radius 1 is 1.03 bits per heavy atom. The smallest absolute Gasteiger partial charge is 0.243 e. The quantitative estimate of drug-likeness (QED) is 0.665. The minimum absolute atomic E-state index is 0.0102. The van der Waals surface area contributed by atoms with Gasteiger partial charge in [-0.3, -0.25) is 9.59 Å². The van der Waals surface area contributed by atoms with E-state index >= 15 is 0 Å². The predicted molar refractivity (Wildman–Crippen MR) is 124 cm³/mol. The van der Waals surface area contributed by atoms with Crippen molar-refractivity contribution < 1.29 is 14.3 Å². The van der Waals surface area contributed by atoms with Gasteiger partial charge in [-0.15, -0.1) is 0 Å². The van der Waals surface area contributed by atoms with Crippen molar-refractivity contribution in [3.8, 4) is 0 Å². The highest BCUT2D eigenvalue weighted by Crippen LogP contribution is 2.24. The number of nitrogens with one attached hydrogen (secondary N) is 1. The van der Waals surface area contributed by atoms with E-state index in [9.17, 15) is 9.59 Å². The number of hydrogen-bond acceptors (Lipinski definition) is 4. The number of likely N-dealkylation sites (N-methyl/N-ethyl adjacent to an activating group) is 1. The Labute approximate surface area is 185 Å². The van der Waals surface area contributed by atoms with Crippen molar-refractivity contribution in [1.82, 2.24) is 4.90 Å². The Morgan fingerprint density at radius 3 is 2.32 bits per heavy atom. The monoisotopic (exact) mass is 423 g/mol. The molecule has 0 bridgehead atoms. The van der Waals surface area contributed by atoms with Crippen molar-refractivity contribution in [1.29, 1.82) is 0 Å². The molecule has 0 aliphatic carbocycles. The first-order chi connectivity index (χ1) is 15.1. The third kappa shape index (κ3) is 6.56. The molecule has 1 aliphatic heterocycles. The van der Waals surface area contributed by atoms with Crippen LogP contribution in [0.1, 0.15) is 38.2 Å². The van der Waals surface area contributed by atoms with E-state index in [0.717, 1.165) is 44.1 Å². The summed E-state index contributed by atoms with van der Waals surface area (Å²) in [5, 5.41) is 2.91. The Balaban J connectivity index is 1.53. The van der Waals surface area contributed by atoms with Gasteiger partial charge in [-0.25, -0.2) is 0 Å². The predicted octanol–water partition coefficient (Wildman–Crippen LogP) is 3.89. The molecular formula is C25H33N3O3. The number of carbonyl (C=O) groups is 2. The zero-order chi connectivity index (χ0) is 22.1. The van der Waals surface area contributed by atoms with E-state index in [1.54, 1.807) is 4.90 Å². The van der Waals surface area contributed by atoms with Gasteiger partial charge in [0, 0.05) is 37.4 Å². The van der Waals surface area contributed by atoms with Crippen LogP contribution < -0.4 is 10.2 Å². The Kier molecular flexibility index (Phi) is 8.47. The summed E-state index contributed by atoms with van der Waals surface area (Å²) in [7, 11) is 0. The van der Waals surface area contributed by atoms with Gasteiger partial charge < -0.3 is 19.9 Å². The van der Waals surface area contributed by atoms with Crippen LogP contribution >= 0.6 is 0 Å². The maximum atomic E-state index is 12.9. The SMILES string of the molecule is CCC(CC(=O)N(CC)CC(=O)Nc1ccc(N2CCOCC2)cc1)c1ccccc1. The van der Waals surface area contributed by atoms with Crippen LogP contribution in [0.5, 0.6) is 0 Å². The topological polar surface area (TPSA) is 61.9 Å². The molecule has 0 aromatic heterocycles. The first-order valence-electron chi connectivity index (χ1n) is 11.2. The maximum absolute atomic E-state index is 12.9. The minimum Gasteiger partial charge on any atom is -0.378 e. The van der Waals surface area contributed by atoms with Gasteiger partial charge in [-0.05, 0) is 49.1 Å². The molecule has 6 nitrogen and oxygen atoms in total. The van der Waals surface area contributed by atoms with Gasteiger partial charge in [-0.2, -0.15) is 0 Å². The molecule has 0 radical (unpaired) electrons. The molecule has 6 heteroatoms. The number of amides is 2. The highest BCUT2D eigenvalue weighted by Gasteiger charge is 2.20. The van der Waals surface area contributed by atoms with Gasteiger partial charge in [0.2, 0.25) is 11.8 Å². The second kappa shape index (κ2) is 11.5. The number of hydrogen-bond donors (Lipinski definition) is 1. The lowest BCUT2D eigenvalue weighted by Gasteiger charge is -2.29. The highest BCUT2D eigenvalue weighted by molar-refractivity contribution is 5.94. The van der Waals surface area contributed by atoms with Gasteiger partial charge >= 0.3 is 0 Å². The average molecular weight is 424 g/mol. The van der Waals surface area contributed by atoms with E-state index in [0.29, 0.717) is 13.0 Å². The third-order valence-corrected chi connectivity index (χ3v) is 5.78. The third-order valence-electron chi connectivity index (χ3n) is 5.78. The van der Waals surface area contributed by atoms with Gasteiger partial charge in [0.15, 0.2) is 0 Å². The summed E-state index contributed by atoms with van der Waals surface area (Å²) in [6, 6.07) is 17.9. The molecule has 1 heterocycles. The Morgan fingerprint density at radius 2 is 1.71 bits per heavy atom. The fourth-order valence-corrected chi connectivity index (χ4v) is 3.89. The molecule has 0 spiro atoms. The summed E-state index contributed by atoms with van der Waals surface area (Å²) in [6.45, 7) is 7.80. The van der Waals surface area contributed by atoms with Crippen LogP contribution in [0.2, 0.25) is 0 Å². The van der Waals surface area contributed by atoms with Gasteiger partial charge in [0.25, 0.3) is 0 Å². The van der Waals surface area contributed by atoms with Crippen LogP contribution in [-0.4, -0.2) is 56.1 Å². The number of ether oxygens (including phenoxy) is 1. The van der Waals surface area contributed by atoms with Crippen molar-refractivity contribution in [3.63, 3.8) is 0 Å². The molecule has 1 fully saturated rings.